The molecule has 3 nitrogen and oxygen atoms in total. The number of aromatic nitrogens is 1. The molecule has 0 bridgehead atoms. The molecule has 0 unspecified atom stereocenters. The summed E-state index contributed by atoms with van der Waals surface area (Å²) in [7, 11) is 0. The van der Waals surface area contributed by atoms with Gasteiger partial charge in [-0.15, -0.1) is 0 Å². The molecule has 3 rings (SSSR count). The maximum atomic E-state index is 11.3. The standard InChI is InChI=1S/C26H26Cl2N2OS/c1-16-7-6-8-17(2)22(16)29-25(32)23(24(31)18-9-10-20(27)21(28)15-18)30-13-11-19(12-14-30)26(3,4)5/h6-15H,1-5H3,(H-,29,31,32)/p+1. The van der Waals surface area contributed by atoms with Crippen molar-refractivity contribution in [2.45, 2.75) is 40.0 Å². The van der Waals surface area contributed by atoms with Gasteiger partial charge in [-0.1, -0.05) is 74.4 Å². The van der Waals surface area contributed by atoms with Gasteiger partial charge >= 0.3 is 0 Å². The molecule has 0 aliphatic carbocycles. The molecule has 6 heteroatoms. The van der Waals surface area contributed by atoms with Gasteiger partial charge in [0.15, 0.2) is 23.1 Å². The molecular weight excluding hydrogens is 459 g/mol. The predicted octanol–water partition coefficient (Wildman–Crippen LogP) is 7.52. The number of nitrogens with zero attached hydrogens (tertiary/aromatic N) is 1. The topological polar surface area (TPSA) is 36.1 Å². The summed E-state index contributed by atoms with van der Waals surface area (Å²) in [4.78, 5) is 0.388. The average Bonchev–Trinajstić information content (AvgIpc) is 2.72. The van der Waals surface area contributed by atoms with Gasteiger partial charge in [-0.25, -0.2) is 0 Å². The summed E-state index contributed by atoms with van der Waals surface area (Å²) in [6.45, 7) is 10.5. The summed E-state index contributed by atoms with van der Waals surface area (Å²) in [5, 5.41) is 15.4. The zero-order valence-electron chi connectivity index (χ0n) is 18.8. The van der Waals surface area contributed by atoms with Crippen LogP contribution in [0.1, 0.15) is 43.0 Å². The summed E-state index contributed by atoms with van der Waals surface area (Å²) in [5.41, 5.74) is 5.20. The Morgan fingerprint density at radius 1 is 0.938 bits per heavy atom. The van der Waals surface area contributed by atoms with Crippen LogP contribution in [0, 0.1) is 13.8 Å². The van der Waals surface area contributed by atoms with E-state index in [1.165, 1.54) is 5.56 Å². The molecule has 0 amide bonds. The third kappa shape index (κ3) is 5.32. The minimum atomic E-state index is 0.000752. The summed E-state index contributed by atoms with van der Waals surface area (Å²) < 4.78 is 1.82. The van der Waals surface area contributed by atoms with E-state index in [2.05, 4.69) is 26.1 Å². The van der Waals surface area contributed by atoms with Crippen molar-refractivity contribution in [3.05, 3.63) is 93.2 Å². The van der Waals surface area contributed by atoms with Gasteiger partial charge in [0.2, 0.25) is 0 Å². The maximum Gasteiger partial charge on any atom is 0.288 e. The highest BCUT2D eigenvalue weighted by molar-refractivity contribution is 7.81. The van der Waals surface area contributed by atoms with Gasteiger partial charge in [0, 0.05) is 23.4 Å². The van der Waals surface area contributed by atoms with Crippen molar-refractivity contribution in [2.24, 2.45) is 0 Å². The first kappa shape index (κ1) is 24.2. The fourth-order valence-corrected chi connectivity index (χ4v) is 3.99. The number of para-hydroxylation sites is 1. The van der Waals surface area contributed by atoms with Gasteiger partial charge in [0.25, 0.3) is 5.70 Å². The van der Waals surface area contributed by atoms with E-state index in [-0.39, 0.29) is 11.2 Å². The third-order valence-electron chi connectivity index (χ3n) is 5.31. The zero-order valence-corrected chi connectivity index (χ0v) is 21.2. The largest absolute Gasteiger partial charge is 0.502 e. The van der Waals surface area contributed by atoms with Crippen LogP contribution in [0.3, 0.4) is 0 Å². The van der Waals surface area contributed by atoms with Gasteiger partial charge in [0.1, 0.15) is 0 Å². The van der Waals surface area contributed by atoms with E-state index in [1.54, 1.807) is 18.2 Å². The number of nitrogens with one attached hydrogen (secondary N) is 1. The highest BCUT2D eigenvalue weighted by Crippen LogP contribution is 2.28. The molecule has 0 aliphatic heterocycles. The fourth-order valence-electron chi connectivity index (χ4n) is 3.39. The molecule has 166 valence electrons. The van der Waals surface area contributed by atoms with E-state index in [0.29, 0.717) is 26.3 Å². The first-order valence-corrected chi connectivity index (χ1v) is 11.4. The molecule has 1 heterocycles. The van der Waals surface area contributed by atoms with Crippen LogP contribution in [-0.2, 0) is 5.41 Å². The molecule has 0 fully saturated rings. The summed E-state index contributed by atoms with van der Waals surface area (Å²) in [6.07, 6.45) is 3.81. The molecule has 1 aromatic heterocycles. The van der Waals surface area contributed by atoms with Crippen LogP contribution < -0.4 is 9.88 Å². The predicted molar refractivity (Wildman–Crippen MR) is 140 cm³/mol. The molecule has 0 saturated heterocycles. The van der Waals surface area contributed by atoms with Crippen LogP contribution in [0.4, 0.5) is 5.69 Å². The number of hydrogen-bond acceptors (Lipinski definition) is 2. The molecule has 0 spiro atoms. The highest BCUT2D eigenvalue weighted by Gasteiger charge is 2.26. The monoisotopic (exact) mass is 485 g/mol. The number of thiocarbonyl (C=S) groups is 1. The summed E-state index contributed by atoms with van der Waals surface area (Å²) >= 11 is 18.1. The molecular formula is C26H27Cl2N2OS+. The van der Waals surface area contributed by atoms with Gasteiger partial charge < -0.3 is 10.4 Å². The molecule has 3 aromatic rings. The lowest BCUT2D eigenvalue weighted by Gasteiger charge is -2.18. The van der Waals surface area contributed by atoms with Crippen molar-refractivity contribution in [3.8, 4) is 0 Å². The van der Waals surface area contributed by atoms with Crippen LogP contribution in [-0.4, -0.2) is 10.1 Å². The number of anilines is 1. The first-order chi connectivity index (χ1) is 15.0. The van der Waals surface area contributed by atoms with Gasteiger partial charge in [-0.3, -0.25) is 0 Å². The Balaban J connectivity index is 2.14. The molecule has 2 aromatic carbocycles. The van der Waals surface area contributed by atoms with E-state index in [0.717, 1.165) is 16.8 Å². The molecule has 0 aliphatic rings. The molecule has 0 atom stereocenters. The van der Waals surface area contributed by atoms with Gasteiger partial charge in [-0.05, 0) is 54.2 Å². The second-order valence-electron chi connectivity index (χ2n) is 8.79. The van der Waals surface area contributed by atoms with Crippen molar-refractivity contribution < 1.29 is 9.67 Å². The van der Waals surface area contributed by atoms with Crippen molar-refractivity contribution in [2.75, 3.05) is 5.32 Å². The van der Waals surface area contributed by atoms with Crippen LogP contribution in [0.15, 0.2) is 60.9 Å². The van der Waals surface area contributed by atoms with Crippen molar-refractivity contribution >= 4 is 57.6 Å². The van der Waals surface area contributed by atoms with Gasteiger partial charge in [0.05, 0.1) is 10.0 Å². The number of benzene rings is 2. The van der Waals surface area contributed by atoms with Crippen molar-refractivity contribution in [1.82, 2.24) is 0 Å². The molecule has 32 heavy (non-hydrogen) atoms. The smallest absolute Gasteiger partial charge is 0.288 e. The van der Waals surface area contributed by atoms with Crippen LogP contribution in [0.2, 0.25) is 10.0 Å². The number of hydrogen-bond donors (Lipinski definition) is 2. The quantitative estimate of drug-likeness (QED) is 0.173. The van der Waals surface area contributed by atoms with E-state index in [1.807, 2.05) is 61.1 Å². The minimum absolute atomic E-state index is 0.000752. The normalized spacial score (nSPS) is 12.3. The number of aliphatic hydroxyl groups is 1. The van der Waals surface area contributed by atoms with E-state index >= 15 is 0 Å². The number of pyridine rings is 1. The number of aryl methyl sites for hydroxylation is 2. The molecule has 0 radical (unpaired) electrons. The van der Waals surface area contributed by atoms with Crippen molar-refractivity contribution in [3.63, 3.8) is 0 Å². The Bertz CT molecular complexity index is 1180. The molecule has 0 saturated carbocycles. The van der Waals surface area contributed by atoms with Crippen LogP contribution in [0.5, 0.6) is 0 Å². The Hall–Kier alpha value is -2.40. The molecule has 2 N–H and O–H groups in total. The minimum Gasteiger partial charge on any atom is -0.502 e. The number of aliphatic hydroxyl groups excluding tert-OH is 1. The Morgan fingerprint density at radius 3 is 2.06 bits per heavy atom. The second-order valence-corrected chi connectivity index (χ2v) is 10.0. The Kier molecular flexibility index (Phi) is 7.29. The summed E-state index contributed by atoms with van der Waals surface area (Å²) in [6, 6.07) is 15.1. The van der Waals surface area contributed by atoms with Gasteiger partial charge in [-0.2, -0.15) is 4.57 Å². The number of rotatable bonds is 4. The first-order valence-electron chi connectivity index (χ1n) is 10.3. The lowest BCUT2D eigenvalue weighted by molar-refractivity contribution is -0.575. The van der Waals surface area contributed by atoms with Crippen LogP contribution >= 0.6 is 35.4 Å². The Morgan fingerprint density at radius 2 is 1.53 bits per heavy atom. The highest BCUT2D eigenvalue weighted by atomic mass is 35.5. The Labute approximate surface area is 205 Å². The van der Waals surface area contributed by atoms with E-state index in [9.17, 15) is 5.11 Å². The van der Waals surface area contributed by atoms with Crippen molar-refractivity contribution in [1.29, 1.82) is 0 Å². The fraction of sp³-hybridized carbons (Fsp3) is 0.231. The van der Waals surface area contributed by atoms with E-state index < -0.39 is 0 Å². The SMILES string of the molecule is Cc1cccc(C)c1NC(=S)/C(=C(\O)c1ccc(Cl)c(Cl)c1)[n+]1ccc(C(C)(C)C)cc1. The lowest BCUT2D eigenvalue weighted by atomic mass is 9.88. The number of halogens is 2. The zero-order chi connectivity index (χ0) is 23.6. The average molecular weight is 486 g/mol. The summed E-state index contributed by atoms with van der Waals surface area (Å²) in [5.74, 6) is 0.000752. The second kappa shape index (κ2) is 9.62. The third-order valence-corrected chi connectivity index (χ3v) is 6.34. The maximum absolute atomic E-state index is 11.3. The van der Waals surface area contributed by atoms with E-state index in [4.69, 9.17) is 35.4 Å². The lowest BCUT2D eigenvalue weighted by Crippen LogP contribution is -2.39. The van der Waals surface area contributed by atoms with Crippen LogP contribution in [0.25, 0.3) is 11.5 Å².